The lowest BCUT2D eigenvalue weighted by molar-refractivity contribution is -0.137. The Hall–Kier alpha value is -6.22. The number of H-pyrrole nitrogens is 2. The normalized spacial score (nSPS) is 18.2. The zero-order valence-electron chi connectivity index (χ0n) is 34.2. The molecule has 310 valence electrons. The second kappa shape index (κ2) is 17.3. The molecule has 2 aromatic heterocycles. The average molecular weight is 806 g/mol. The van der Waals surface area contributed by atoms with Crippen molar-refractivity contribution in [1.82, 2.24) is 35.4 Å². The van der Waals surface area contributed by atoms with Gasteiger partial charge in [-0.2, -0.15) is 0 Å². The number of amides is 4. The number of alkyl carbamates (subject to hydrolysis) is 2. The van der Waals surface area contributed by atoms with Crippen molar-refractivity contribution in [2.75, 3.05) is 34.4 Å². The van der Waals surface area contributed by atoms with Crippen LogP contribution in [-0.4, -0.2) is 101 Å². The minimum absolute atomic E-state index is 0.123. The minimum atomic E-state index is -0.963. The van der Waals surface area contributed by atoms with Gasteiger partial charge in [-0.25, -0.2) is 14.6 Å². The number of likely N-dealkylation sites (tertiary alicyclic amines) is 2. The number of aromatic amines is 2. The predicted octanol–water partition coefficient (Wildman–Crippen LogP) is 6.21. The molecule has 7 rings (SSSR count). The molecule has 5 aromatic rings. The molecule has 5 atom stereocenters. The number of imidazole rings is 1. The van der Waals surface area contributed by atoms with E-state index in [-0.39, 0.29) is 35.2 Å². The number of rotatable bonds is 11. The van der Waals surface area contributed by atoms with Crippen LogP contribution in [-0.2, 0) is 23.8 Å². The summed E-state index contributed by atoms with van der Waals surface area (Å²) in [4.78, 5) is 80.0. The predicted molar refractivity (Wildman–Crippen MR) is 222 cm³/mol. The van der Waals surface area contributed by atoms with Gasteiger partial charge in [0.1, 0.15) is 17.9 Å². The molecule has 15 nitrogen and oxygen atoms in total. The first-order valence-electron chi connectivity index (χ1n) is 20.0. The van der Waals surface area contributed by atoms with E-state index in [1.807, 2.05) is 44.2 Å². The maximum Gasteiger partial charge on any atom is 0.407 e. The average Bonchev–Trinajstić information content (AvgIpc) is 4.05. The summed E-state index contributed by atoms with van der Waals surface area (Å²) in [7, 11) is 4.00. The third-order valence-electron chi connectivity index (χ3n) is 11.6. The topological polar surface area (TPSA) is 188 Å². The first kappa shape index (κ1) is 41.0. The van der Waals surface area contributed by atoms with Crippen molar-refractivity contribution >= 4 is 45.7 Å². The number of ether oxygens (including phenoxy) is 3. The van der Waals surface area contributed by atoms with E-state index in [4.69, 9.17) is 19.2 Å². The molecule has 15 heteroatoms. The van der Waals surface area contributed by atoms with Crippen LogP contribution >= 0.6 is 0 Å². The Kier molecular flexibility index (Phi) is 12.0. The van der Waals surface area contributed by atoms with Gasteiger partial charge in [-0.1, -0.05) is 44.2 Å². The molecule has 0 aliphatic carbocycles. The second-order valence-electron chi connectivity index (χ2n) is 15.6. The number of fused-ring (bicyclic) bond motifs is 2. The molecular weight excluding hydrogens is 755 g/mol. The van der Waals surface area contributed by atoms with Crippen molar-refractivity contribution in [3.8, 4) is 22.4 Å². The number of benzene rings is 3. The van der Waals surface area contributed by atoms with Gasteiger partial charge >= 0.3 is 12.2 Å². The van der Waals surface area contributed by atoms with E-state index < -0.39 is 30.4 Å². The standard InChI is InChI=1S/C44H51N7O8/c1-24(2)38(48-43(55)58-5)41(53)51-18-8-10-36(51)40-45-23-34(47-40)30-14-13-26-19-27(11-12-28(26)20-30)29-15-16-31-32(21-29)46-33(22-37(31)52)35-9-7-17-50(35)42(54)39(25(3)57-4)49-44(56)59-6/h11-16,19-25,35-36,38-39H,7-10,17-18H2,1-6H3,(H,45,47)(H,46,52)(H,48,55)(H,49,56)/t25-,35?,36+,38+,39+/m1/s1. The molecule has 0 saturated carbocycles. The van der Waals surface area contributed by atoms with Crippen LogP contribution in [0.5, 0.6) is 0 Å². The largest absolute Gasteiger partial charge is 0.453 e. The van der Waals surface area contributed by atoms with E-state index in [1.165, 1.54) is 21.3 Å². The zero-order chi connectivity index (χ0) is 42.0. The summed E-state index contributed by atoms with van der Waals surface area (Å²) in [6.45, 7) is 6.53. The number of nitrogens with one attached hydrogen (secondary N) is 4. The van der Waals surface area contributed by atoms with Gasteiger partial charge in [-0.3, -0.25) is 14.4 Å². The molecule has 1 unspecified atom stereocenters. The van der Waals surface area contributed by atoms with E-state index in [1.54, 1.807) is 29.0 Å². The SMILES string of the molecule is COC(=O)N[C@H](C(=O)N1CCC[C@H]1c1ncc(-c2ccc3cc(-c4ccc5c(=O)cc(C6CCCN6C(=O)[C@@H](NC(=O)OC)[C@@H](C)OC)[nH]c5c4)ccc3c2)[nH]1)C(C)C. The van der Waals surface area contributed by atoms with Crippen LogP contribution in [0.1, 0.15) is 70.1 Å². The van der Waals surface area contributed by atoms with Gasteiger partial charge in [-0.05, 0) is 84.7 Å². The fraction of sp³-hybridized carbons (Fsp3) is 0.409. The van der Waals surface area contributed by atoms with Gasteiger partial charge in [0.25, 0.3) is 0 Å². The summed E-state index contributed by atoms with van der Waals surface area (Å²) in [5.41, 5.74) is 4.81. The van der Waals surface area contributed by atoms with E-state index >= 15 is 0 Å². The first-order valence-corrected chi connectivity index (χ1v) is 20.0. The van der Waals surface area contributed by atoms with Crippen LogP contribution in [0.3, 0.4) is 0 Å². The molecule has 0 radical (unpaired) electrons. The Morgan fingerprint density at radius 1 is 0.729 bits per heavy atom. The first-order chi connectivity index (χ1) is 28.4. The van der Waals surface area contributed by atoms with Gasteiger partial charge in [0.15, 0.2) is 5.43 Å². The Balaban J connectivity index is 1.11. The zero-order valence-corrected chi connectivity index (χ0v) is 34.2. The Morgan fingerprint density at radius 2 is 1.31 bits per heavy atom. The Bertz CT molecular complexity index is 2440. The van der Waals surface area contributed by atoms with Crippen LogP contribution in [0, 0.1) is 5.92 Å². The fourth-order valence-electron chi connectivity index (χ4n) is 8.30. The highest BCUT2D eigenvalue weighted by Gasteiger charge is 2.39. The number of carbonyl (C=O) groups is 4. The fourth-order valence-corrected chi connectivity index (χ4v) is 8.30. The van der Waals surface area contributed by atoms with E-state index in [0.29, 0.717) is 41.9 Å². The third kappa shape index (κ3) is 8.37. The number of hydrogen-bond acceptors (Lipinski definition) is 9. The van der Waals surface area contributed by atoms with E-state index in [0.717, 1.165) is 52.4 Å². The van der Waals surface area contributed by atoms with Crippen molar-refractivity contribution in [3.05, 3.63) is 88.6 Å². The van der Waals surface area contributed by atoms with Gasteiger partial charge in [0.05, 0.1) is 49.8 Å². The van der Waals surface area contributed by atoms with Crippen LogP contribution < -0.4 is 16.1 Å². The highest BCUT2D eigenvalue weighted by atomic mass is 16.5. The van der Waals surface area contributed by atoms with E-state index in [9.17, 15) is 24.0 Å². The lowest BCUT2D eigenvalue weighted by atomic mass is 9.98. The van der Waals surface area contributed by atoms with Crippen molar-refractivity contribution in [2.45, 2.75) is 76.7 Å². The number of pyridine rings is 1. The molecule has 0 spiro atoms. The van der Waals surface area contributed by atoms with Gasteiger partial charge in [-0.15, -0.1) is 0 Å². The molecule has 2 aliphatic heterocycles. The third-order valence-corrected chi connectivity index (χ3v) is 11.6. The lowest BCUT2D eigenvalue weighted by Crippen LogP contribution is -2.54. The number of carbonyl (C=O) groups excluding carboxylic acids is 4. The summed E-state index contributed by atoms with van der Waals surface area (Å²) >= 11 is 0. The van der Waals surface area contributed by atoms with Crippen LogP contribution in [0.2, 0.25) is 0 Å². The maximum absolute atomic E-state index is 13.8. The van der Waals surface area contributed by atoms with Crippen molar-refractivity contribution in [3.63, 3.8) is 0 Å². The summed E-state index contributed by atoms with van der Waals surface area (Å²) in [5, 5.41) is 7.89. The molecule has 2 aliphatic rings. The van der Waals surface area contributed by atoms with Gasteiger partial charge < -0.3 is 44.6 Å². The summed E-state index contributed by atoms with van der Waals surface area (Å²) in [6.07, 6.45) is 2.79. The summed E-state index contributed by atoms with van der Waals surface area (Å²) in [5.74, 6) is 0.109. The van der Waals surface area contributed by atoms with Gasteiger partial charge in [0, 0.05) is 42.9 Å². The van der Waals surface area contributed by atoms with Crippen molar-refractivity contribution in [2.24, 2.45) is 5.92 Å². The molecule has 3 aromatic carbocycles. The van der Waals surface area contributed by atoms with Crippen molar-refractivity contribution < 1.29 is 33.4 Å². The molecule has 4 amide bonds. The van der Waals surface area contributed by atoms with Crippen LogP contribution in [0.25, 0.3) is 44.1 Å². The molecule has 4 N–H and O–H groups in total. The smallest absolute Gasteiger partial charge is 0.407 e. The molecule has 2 saturated heterocycles. The van der Waals surface area contributed by atoms with E-state index in [2.05, 4.69) is 44.9 Å². The molecule has 2 fully saturated rings. The number of nitrogens with zero attached hydrogens (tertiary/aromatic N) is 3. The maximum atomic E-state index is 13.8. The van der Waals surface area contributed by atoms with Crippen molar-refractivity contribution in [1.29, 1.82) is 0 Å². The quantitative estimate of drug-likeness (QED) is 0.120. The molecule has 59 heavy (non-hydrogen) atoms. The summed E-state index contributed by atoms with van der Waals surface area (Å²) < 4.78 is 14.9. The molecule has 0 bridgehead atoms. The Labute approximate surface area is 341 Å². The number of hydrogen-bond donors (Lipinski definition) is 4. The van der Waals surface area contributed by atoms with Gasteiger partial charge in [0.2, 0.25) is 11.8 Å². The number of aromatic nitrogens is 3. The van der Waals surface area contributed by atoms with Crippen LogP contribution in [0.4, 0.5) is 9.59 Å². The second-order valence-corrected chi connectivity index (χ2v) is 15.6. The molecular formula is C44H51N7O8. The number of methoxy groups -OCH3 is 3. The summed E-state index contributed by atoms with van der Waals surface area (Å²) in [6, 6.07) is 17.4. The lowest BCUT2D eigenvalue weighted by Gasteiger charge is -2.31. The highest BCUT2D eigenvalue weighted by molar-refractivity contribution is 5.92. The molecule has 4 heterocycles. The monoisotopic (exact) mass is 805 g/mol. The highest BCUT2D eigenvalue weighted by Crippen LogP contribution is 2.35. The van der Waals surface area contributed by atoms with Crippen LogP contribution in [0.15, 0.2) is 71.7 Å². The minimum Gasteiger partial charge on any atom is -0.453 e. The Morgan fingerprint density at radius 3 is 1.97 bits per heavy atom.